The fraction of sp³-hybridized carbons (Fsp3) is 0.211. The molecule has 0 unspecified atom stereocenters. The Kier molecular flexibility index (Phi) is 3.83. The van der Waals surface area contributed by atoms with Crippen LogP contribution in [0.1, 0.15) is 28.4 Å². The van der Waals surface area contributed by atoms with Gasteiger partial charge < -0.3 is 5.32 Å². The molecular weight excluding hydrogens is 300 g/mol. The maximum atomic E-state index is 12.3. The first-order chi connectivity index (χ1) is 11.8. The molecule has 0 radical (unpaired) electrons. The number of nitrogens with one attached hydrogen (secondary N) is 2. The number of pyridine rings is 1. The maximum absolute atomic E-state index is 12.3. The second kappa shape index (κ2) is 6.28. The quantitative estimate of drug-likeness (QED) is 0.759. The molecule has 1 fully saturated rings. The van der Waals surface area contributed by atoms with E-state index in [1.165, 1.54) is 5.56 Å². The zero-order valence-corrected chi connectivity index (χ0v) is 13.1. The Morgan fingerprint density at radius 2 is 2.08 bits per heavy atom. The molecule has 5 heteroatoms. The predicted octanol–water partition coefficient (Wildman–Crippen LogP) is 3.01. The molecule has 0 saturated heterocycles. The Labute approximate surface area is 140 Å². The monoisotopic (exact) mass is 318 g/mol. The largest absolute Gasteiger partial charge is 0.350 e. The second-order valence-electron chi connectivity index (χ2n) is 6.13. The molecule has 1 amide bonds. The van der Waals surface area contributed by atoms with Gasteiger partial charge in [0.25, 0.3) is 5.91 Å². The van der Waals surface area contributed by atoms with Crippen LogP contribution in [0, 0.1) is 5.92 Å². The van der Waals surface area contributed by atoms with Crippen LogP contribution in [0.3, 0.4) is 0 Å². The number of H-pyrrole nitrogens is 1. The fourth-order valence-electron chi connectivity index (χ4n) is 2.99. The van der Waals surface area contributed by atoms with Gasteiger partial charge in [-0.1, -0.05) is 36.4 Å². The smallest absolute Gasteiger partial charge is 0.269 e. The van der Waals surface area contributed by atoms with Crippen molar-refractivity contribution in [3.05, 3.63) is 72.2 Å². The Bertz CT molecular complexity index is 829. The Morgan fingerprint density at radius 3 is 2.88 bits per heavy atom. The first-order valence-corrected chi connectivity index (χ1v) is 8.10. The lowest BCUT2D eigenvalue weighted by Gasteiger charge is -2.03. The van der Waals surface area contributed by atoms with E-state index in [9.17, 15) is 4.79 Å². The van der Waals surface area contributed by atoms with Gasteiger partial charge in [0, 0.05) is 24.5 Å². The zero-order valence-electron chi connectivity index (χ0n) is 13.1. The summed E-state index contributed by atoms with van der Waals surface area (Å²) in [7, 11) is 0. The van der Waals surface area contributed by atoms with E-state index >= 15 is 0 Å². The summed E-state index contributed by atoms with van der Waals surface area (Å²) in [5.74, 6) is 0.900. The molecule has 5 nitrogen and oxygen atoms in total. The van der Waals surface area contributed by atoms with Crippen LogP contribution in [-0.4, -0.2) is 27.6 Å². The van der Waals surface area contributed by atoms with E-state index in [-0.39, 0.29) is 5.91 Å². The van der Waals surface area contributed by atoms with Crippen molar-refractivity contribution in [2.75, 3.05) is 6.54 Å². The third kappa shape index (κ3) is 3.06. The molecule has 120 valence electrons. The second-order valence-corrected chi connectivity index (χ2v) is 6.13. The summed E-state index contributed by atoms with van der Waals surface area (Å²) < 4.78 is 0. The van der Waals surface area contributed by atoms with E-state index in [4.69, 9.17) is 0 Å². The SMILES string of the molecule is O=C(NC[C@@H]1C[C@H]1c1cccnc1)c1cc(-c2ccccc2)n[nH]1. The van der Waals surface area contributed by atoms with Crippen molar-refractivity contribution in [2.24, 2.45) is 5.92 Å². The van der Waals surface area contributed by atoms with Gasteiger partial charge in [-0.25, -0.2) is 0 Å². The number of amides is 1. The lowest BCUT2D eigenvalue weighted by atomic mass is 10.1. The highest BCUT2D eigenvalue weighted by Gasteiger charge is 2.38. The maximum Gasteiger partial charge on any atom is 0.269 e. The fourth-order valence-corrected chi connectivity index (χ4v) is 2.99. The number of carbonyl (C=O) groups is 1. The summed E-state index contributed by atoms with van der Waals surface area (Å²) in [5, 5.41) is 10.0. The van der Waals surface area contributed by atoms with Crippen molar-refractivity contribution >= 4 is 5.91 Å². The highest BCUT2D eigenvalue weighted by molar-refractivity contribution is 5.93. The molecule has 0 aliphatic heterocycles. The van der Waals surface area contributed by atoms with Crippen LogP contribution in [0.25, 0.3) is 11.3 Å². The molecule has 1 aliphatic rings. The van der Waals surface area contributed by atoms with E-state index < -0.39 is 0 Å². The van der Waals surface area contributed by atoms with E-state index in [0.29, 0.717) is 24.1 Å². The standard InChI is InChI=1S/C19H18N4O/c24-19(18-10-17(22-23-18)13-5-2-1-3-6-13)21-12-15-9-16(15)14-7-4-8-20-11-14/h1-8,10-11,15-16H,9,12H2,(H,21,24)(H,22,23)/t15-,16-/m0/s1. The van der Waals surface area contributed by atoms with Crippen molar-refractivity contribution in [1.29, 1.82) is 0 Å². The first kappa shape index (κ1) is 14.6. The minimum Gasteiger partial charge on any atom is -0.350 e. The van der Waals surface area contributed by atoms with E-state index in [0.717, 1.165) is 17.7 Å². The van der Waals surface area contributed by atoms with E-state index in [1.807, 2.05) is 42.6 Å². The summed E-state index contributed by atoms with van der Waals surface area (Å²) in [5.41, 5.74) is 3.52. The molecule has 3 aromatic rings. The number of rotatable bonds is 5. The summed E-state index contributed by atoms with van der Waals surface area (Å²) in [4.78, 5) is 16.4. The zero-order chi connectivity index (χ0) is 16.4. The average molecular weight is 318 g/mol. The van der Waals surface area contributed by atoms with Crippen molar-refractivity contribution in [2.45, 2.75) is 12.3 Å². The number of aromatic amines is 1. The molecule has 1 aromatic carbocycles. The molecule has 0 spiro atoms. The van der Waals surface area contributed by atoms with Gasteiger partial charge in [-0.2, -0.15) is 5.10 Å². The number of aromatic nitrogens is 3. The van der Waals surface area contributed by atoms with E-state index in [1.54, 1.807) is 12.3 Å². The number of nitrogens with zero attached hydrogens (tertiary/aromatic N) is 2. The van der Waals surface area contributed by atoms with Crippen molar-refractivity contribution in [3.63, 3.8) is 0 Å². The summed E-state index contributed by atoms with van der Waals surface area (Å²) in [6.07, 6.45) is 4.79. The van der Waals surface area contributed by atoms with Crippen LogP contribution in [-0.2, 0) is 0 Å². The van der Waals surface area contributed by atoms with Gasteiger partial charge in [0.2, 0.25) is 0 Å². The Morgan fingerprint density at radius 1 is 1.21 bits per heavy atom. The third-order valence-electron chi connectivity index (χ3n) is 4.45. The molecule has 2 heterocycles. The number of carbonyl (C=O) groups excluding carboxylic acids is 1. The lowest BCUT2D eigenvalue weighted by molar-refractivity contribution is 0.0946. The van der Waals surface area contributed by atoms with E-state index in [2.05, 4.69) is 26.6 Å². The van der Waals surface area contributed by atoms with Crippen LogP contribution in [0.5, 0.6) is 0 Å². The highest BCUT2D eigenvalue weighted by atomic mass is 16.1. The molecule has 0 bridgehead atoms. The molecule has 2 atom stereocenters. The molecule has 1 aliphatic carbocycles. The number of benzene rings is 1. The van der Waals surface area contributed by atoms with Crippen molar-refractivity contribution in [3.8, 4) is 11.3 Å². The van der Waals surface area contributed by atoms with Crippen LogP contribution >= 0.6 is 0 Å². The Balaban J connectivity index is 1.34. The Hall–Kier alpha value is -2.95. The first-order valence-electron chi connectivity index (χ1n) is 8.10. The van der Waals surface area contributed by atoms with Gasteiger partial charge in [-0.05, 0) is 36.0 Å². The van der Waals surface area contributed by atoms with Gasteiger partial charge in [-0.3, -0.25) is 14.9 Å². The van der Waals surface area contributed by atoms with Crippen LogP contribution in [0.2, 0.25) is 0 Å². The predicted molar refractivity (Wildman–Crippen MR) is 91.4 cm³/mol. The topological polar surface area (TPSA) is 70.7 Å². The third-order valence-corrected chi connectivity index (χ3v) is 4.45. The molecule has 24 heavy (non-hydrogen) atoms. The summed E-state index contributed by atoms with van der Waals surface area (Å²) in [6, 6.07) is 15.7. The summed E-state index contributed by atoms with van der Waals surface area (Å²) in [6.45, 7) is 0.679. The van der Waals surface area contributed by atoms with Gasteiger partial charge in [0.05, 0.1) is 5.69 Å². The molecule has 1 saturated carbocycles. The molecular formula is C19H18N4O. The molecule has 2 aromatic heterocycles. The number of hydrogen-bond acceptors (Lipinski definition) is 3. The van der Waals surface area contributed by atoms with Gasteiger partial charge in [0.15, 0.2) is 0 Å². The van der Waals surface area contributed by atoms with Crippen LogP contribution in [0.4, 0.5) is 0 Å². The minimum absolute atomic E-state index is 0.110. The van der Waals surface area contributed by atoms with Gasteiger partial charge >= 0.3 is 0 Å². The molecule has 2 N–H and O–H groups in total. The van der Waals surface area contributed by atoms with Crippen molar-refractivity contribution in [1.82, 2.24) is 20.5 Å². The number of hydrogen-bond donors (Lipinski definition) is 2. The molecule has 4 rings (SSSR count). The van der Waals surface area contributed by atoms with Crippen LogP contribution in [0.15, 0.2) is 60.9 Å². The summed E-state index contributed by atoms with van der Waals surface area (Å²) >= 11 is 0. The van der Waals surface area contributed by atoms with Crippen LogP contribution < -0.4 is 5.32 Å². The van der Waals surface area contributed by atoms with Gasteiger partial charge in [-0.15, -0.1) is 0 Å². The normalized spacial score (nSPS) is 19.0. The lowest BCUT2D eigenvalue weighted by Crippen LogP contribution is -2.26. The van der Waals surface area contributed by atoms with Gasteiger partial charge in [0.1, 0.15) is 5.69 Å². The average Bonchev–Trinajstić information content (AvgIpc) is 3.25. The minimum atomic E-state index is -0.110. The highest BCUT2D eigenvalue weighted by Crippen LogP contribution is 2.46. The van der Waals surface area contributed by atoms with Crippen molar-refractivity contribution < 1.29 is 4.79 Å².